The van der Waals surface area contributed by atoms with E-state index in [1.165, 1.54) is 30.2 Å². The lowest BCUT2D eigenvalue weighted by Gasteiger charge is -2.21. The van der Waals surface area contributed by atoms with E-state index in [2.05, 4.69) is 17.6 Å². The van der Waals surface area contributed by atoms with Crippen LogP contribution in [0.25, 0.3) is 10.9 Å². The van der Waals surface area contributed by atoms with Crippen LogP contribution < -0.4 is 0 Å². The standard InChI is InChI=1S/C18H23NO3/c1-12-7-8-16-15(11-12)13-5-3-6-14(18(21)22-2)17(13)19(16)9-4-10-20/h3,5-6,12,20H,4,7-11H2,1-2H3. The molecule has 0 spiro atoms. The molecule has 1 heterocycles. The van der Waals surface area contributed by atoms with Gasteiger partial charge in [0, 0.05) is 24.2 Å². The molecular weight excluding hydrogens is 278 g/mol. The Kier molecular flexibility index (Phi) is 4.21. The topological polar surface area (TPSA) is 51.5 Å². The van der Waals surface area contributed by atoms with Crippen molar-refractivity contribution in [1.82, 2.24) is 4.57 Å². The number of aryl methyl sites for hydroxylation is 1. The van der Waals surface area contributed by atoms with E-state index in [0.29, 0.717) is 17.9 Å². The number of aromatic nitrogens is 1. The molecular formula is C18H23NO3. The maximum Gasteiger partial charge on any atom is 0.340 e. The predicted octanol–water partition coefficient (Wildman–Crippen LogP) is 2.94. The highest BCUT2D eigenvalue weighted by atomic mass is 16.5. The number of para-hydroxylation sites is 1. The van der Waals surface area contributed by atoms with E-state index in [9.17, 15) is 9.90 Å². The molecule has 0 bridgehead atoms. The van der Waals surface area contributed by atoms with Crippen LogP contribution >= 0.6 is 0 Å². The highest BCUT2D eigenvalue weighted by Crippen LogP contribution is 2.36. The van der Waals surface area contributed by atoms with Crippen molar-refractivity contribution in [3.8, 4) is 0 Å². The third-order valence-corrected chi connectivity index (χ3v) is 4.68. The van der Waals surface area contributed by atoms with Crippen LogP contribution in [-0.4, -0.2) is 29.4 Å². The maximum absolute atomic E-state index is 12.1. The summed E-state index contributed by atoms with van der Waals surface area (Å²) in [4.78, 5) is 12.1. The monoisotopic (exact) mass is 301 g/mol. The van der Waals surface area contributed by atoms with Gasteiger partial charge in [0.25, 0.3) is 0 Å². The van der Waals surface area contributed by atoms with Crippen LogP contribution in [0.5, 0.6) is 0 Å². The van der Waals surface area contributed by atoms with Gasteiger partial charge >= 0.3 is 5.97 Å². The Morgan fingerprint density at radius 2 is 2.27 bits per heavy atom. The number of aliphatic hydroxyl groups is 1. The number of fused-ring (bicyclic) bond motifs is 3. The summed E-state index contributed by atoms with van der Waals surface area (Å²) in [6, 6.07) is 5.87. The van der Waals surface area contributed by atoms with E-state index in [1.54, 1.807) is 0 Å². The Morgan fingerprint density at radius 3 is 3.00 bits per heavy atom. The summed E-state index contributed by atoms with van der Waals surface area (Å²) in [5.74, 6) is 0.380. The quantitative estimate of drug-likeness (QED) is 0.883. The van der Waals surface area contributed by atoms with Crippen molar-refractivity contribution in [3.63, 3.8) is 0 Å². The van der Waals surface area contributed by atoms with Gasteiger partial charge in [0.05, 0.1) is 18.2 Å². The van der Waals surface area contributed by atoms with Crippen molar-refractivity contribution in [1.29, 1.82) is 0 Å². The molecule has 0 fully saturated rings. The molecule has 0 aliphatic heterocycles. The first-order valence-corrected chi connectivity index (χ1v) is 7.99. The maximum atomic E-state index is 12.1. The van der Waals surface area contributed by atoms with Gasteiger partial charge in [-0.15, -0.1) is 0 Å². The number of aliphatic hydroxyl groups excluding tert-OH is 1. The average molecular weight is 301 g/mol. The lowest BCUT2D eigenvalue weighted by atomic mass is 9.87. The third kappa shape index (κ3) is 2.41. The molecule has 3 rings (SSSR count). The number of methoxy groups -OCH3 is 1. The molecule has 4 nitrogen and oxygen atoms in total. The number of esters is 1. The number of benzene rings is 1. The summed E-state index contributed by atoms with van der Waals surface area (Å²) in [6.45, 7) is 3.18. The minimum atomic E-state index is -0.293. The Bertz CT molecular complexity index is 702. The third-order valence-electron chi connectivity index (χ3n) is 4.68. The SMILES string of the molecule is COC(=O)c1cccc2c3c(n(CCCO)c12)CCC(C)C3. The largest absolute Gasteiger partial charge is 0.465 e. The molecule has 1 aromatic heterocycles. The Hall–Kier alpha value is -1.81. The van der Waals surface area contributed by atoms with E-state index < -0.39 is 0 Å². The molecule has 0 saturated heterocycles. The van der Waals surface area contributed by atoms with Crippen molar-refractivity contribution in [2.75, 3.05) is 13.7 Å². The first kappa shape index (κ1) is 15.1. The molecule has 22 heavy (non-hydrogen) atoms. The van der Waals surface area contributed by atoms with Gasteiger partial charge in [-0.05, 0) is 43.2 Å². The summed E-state index contributed by atoms with van der Waals surface area (Å²) in [7, 11) is 1.42. The van der Waals surface area contributed by atoms with Gasteiger partial charge in [-0.3, -0.25) is 0 Å². The van der Waals surface area contributed by atoms with Crippen LogP contribution in [-0.2, 0) is 24.1 Å². The second-order valence-corrected chi connectivity index (χ2v) is 6.20. The molecule has 2 aromatic rings. The fourth-order valence-corrected chi connectivity index (χ4v) is 3.63. The predicted molar refractivity (Wildman–Crippen MR) is 86.2 cm³/mol. The van der Waals surface area contributed by atoms with Gasteiger partial charge in [-0.2, -0.15) is 0 Å². The Balaban J connectivity index is 2.25. The molecule has 1 N–H and O–H groups in total. The molecule has 0 radical (unpaired) electrons. The summed E-state index contributed by atoms with van der Waals surface area (Å²) < 4.78 is 7.19. The minimum Gasteiger partial charge on any atom is -0.465 e. The molecule has 118 valence electrons. The molecule has 1 atom stereocenters. The first-order chi connectivity index (χ1) is 10.7. The second-order valence-electron chi connectivity index (χ2n) is 6.20. The van der Waals surface area contributed by atoms with Gasteiger partial charge in [0.15, 0.2) is 0 Å². The number of hydrogen-bond donors (Lipinski definition) is 1. The van der Waals surface area contributed by atoms with Gasteiger partial charge in [0.1, 0.15) is 0 Å². The first-order valence-electron chi connectivity index (χ1n) is 7.99. The van der Waals surface area contributed by atoms with Crippen LogP contribution in [0.3, 0.4) is 0 Å². The zero-order valence-corrected chi connectivity index (χ0v) is 13.3. The fourth-order valence-electron chi connectivity index (χ4n) is 3.63. The van der Waals surface area contributed by atoms with Gasteiger partial charge in [-0.25, -0.2) is 4.79 Å². The highest BCUT2D eigenvalue weighted by Gasteiger charge is 2.25. The Morgan fingerprint density at radius 1 is 1.45 bits per heavy atom. The van der Waals surface area contributed by atoms with Crippen LogP contribution in [0.4, 0.5) is 0 Å². The number of rotatable bonds is 4. The van der Waals surface area contributed by atoms with Crippen molar-refractivity contribution < 1.29 is 14.6 Å². The van der Waals surface area contributed by atoms with Crippen LogP contribution in [0.15, 0.2) is 18.2 Å². The average Bonchev–Trinajstić information content (AvgIpc) is 2.85. The minimum absolute atomic E-state index is 0.158. The smallest absolute Gasteiger partial charge is 0.340 e. The van der Waals surface area contributed by atoms with Crippen molar-refractivity contribution in [2.24, 2.45) is 5.92 Å². The molecule has 1 aromatic carbocycles. The van der Waals surface area contributed by atoms with Gasteiger partial charge < -0.3 is 14.4 Å². The lowest BCUT2D eigenvalue weighted by molar-refractivity contribution is 0.0602. The number of nitrogens with zero attached hydrogens (tertiary/aromatic N) is 1. The zero-order chi connectivity index (χ0) is 15.7. The summed E-state index contributed by atoms with van der Waals surface area (Å²) >= 11 is 0. The highest BCUT2D eigenvalue weighted by molar-refractivity contribution is 6.04. The normalized spacial score (nSPS) is 17.5. The molecule has 1 aliphatic rings. The number of carbonyl (C=O) groups excluding carboxylic acids is 1. The van der Waals surface area contributed by atoms with E-state index >= 15 is 0 Å². The van der Waals surface area contributed by atoms with Gasteiger partial charge in [-0.1, -0.05) is 19.1 Å². The number of carbonyl (C=O) groups is 1. The molecule has 1 aliphatic carbocycles. The zero-order valence-electron chi connectivity index (χ0n) is 13.3. The summed E-state index contributed by atoms with van der Waals surface area (Å²) in [5.41, 5.74) is 4.30. The Labute approximate surface area is 130 Å². The van der Waals surface area contributed by atoms with Crippen molar-refractivity contribution in [3.05, 3.63) is 35.0 Å². The fraction of sp³-hybridized carbons (Fsp3) is 0.500. The molecule has 4 heteroatoms. The van der Waals surface area contributed by atoms with Crippen LogP contribution in [0.2, 0.25) is 0 Å². The van der Waals surface area contributed by atoms with Crippen LogP contribution in [0.1, 0.15) is 41.4 Å². The van der Waals surface area contributed by atoms with E-state index in [0.717, 1.165) is 24.9 Å². The molecule has 1 unspecified atom stereocenters. The summed E-state index contributed by atoms with van der Waals surface area (Å²) in [5, 5.41) is 10.4. The van der Waals surface area contributed by atoms with E-state index in [1.807, 2.05) is 12.1 Å². The lowest BCUT2D eigenvalue weighted by Crippen LogP contribution is -2.15. The van der Waals surface area contributed by atoms with Crippen molar-refractivity contribution in [2.45, 2.75) is 39.2 Å². The second kappa shape index (κ2) is 6.13. The summed E-state index contributed by atoms with van der Waals surface area (Å²) in [6.07, 6.45) is 3.97. The molecule has 0 amide bonds. The molecule has 0 saturated carbocycles. The van der Waals surface area contributed by atoms with Crippen LogP contribution in [0, 0.1) is 5.92 Å². The van der Waals surface area contributed by atoms with E-state index in [-0.39, 0.29) is 12.6 Å². The number of hydrogen-bond acceptors (Lipinski definition) is 3. The van der Waals surface area contributed by atoms with Crippen molar-refractivity contribution >= 4 is 16.9 Å². The van der Waals surface area contributed by atoms with E-state index in [4.69, 9.17) is 4.74 Å². The van der Waals surface area contributed by atoms with Gasteiger partial charge in [0.2, 0.25) is 0 Å². The number of ether oxygens (including phenoxy) is 1.